The highest BCUT2D eigenvalue weighted by Crippen LogP contribution is 2.23. The van der Waals surface area contributed by atoms with Crippen molar-refractivity contribution in [2.75, 3.05) is 69.3 Å². The molecule has 0 aliphatic carbocycles. The minimum atomic E-state index is 0.0537. The molecule has 2 aromatic heterocycles. The highest BCUT2D eigenvalue weighted by atomic mass is 16.5. The minimum absolute atomic E-state index is 0.0537. The van der Waals surface area contributed by atoms with Gasteiger partial charge in [0.15, 0.2) is 11.5 Å². The second-order valence-corrected chi connectivity index (χ2v) is 9.51. The molecule has 2 fully saturated rings. The van der Waals surface area contributed by atoms with E-state index in [4.69, 9.17) is 9.84 Å². The van der Waals surface area contributed by atoms with Crippen LogP contribution in [0.15, 0.2) is 36.4 Å². The third-order valence-electron chi connectivity index (χ3n) is 7.08. The fourth-order valence-electron chi connectivity index (χ4n) is 5.00. The average molecular weight is 493 g/mol. The van der Waals surface area contributed by atoms with Crippen LogP contribution in [0.2, 0.25) is 0 Å². The van der Waals surface area contributed by atoms with Crippen molar-refractivity contribution in [2.45, 2.75) is 32.1 Å². The van der Waals surface area contributed by atoms with E-state index < -0.39 is 0 Å². The Labute approximate surface area is 212 Å². The standard InChI is InChI=1S/C26H36N8O2/c1-36-22-7-4-6-21(20-22)32-16-18-33(19-17-32)25-9-8-23-28-29-24(34(23)30-25)10-11-26(35)27-12-5-15-31-13-2-3-14-31/h4,6-9,20H,2-3,5,10-19H2,1H3,(H,27,35). The first-order valence-electron chi connectivity index (χ1n) is 13.0. The number of amides is 1. The lowest BCUT2D eigenvalue weighted by Gasteiger charge is -2.36. The number of nitrogens with one attached hydrogen (secondary N) is 1. The summed E-state index contributed by atoms with van der Waals surface area (Å²) in [6, 6.07) is 12.1. The van der Waals surface area contributed by atoms with E-state index in [2.05, 4.69) is 42.3 Å². The van der Waals surface area contributed by atoms with Crippen molar-refractivity contribution in [1.82, 2.24) is 30.0 Å². The Morgan fingerprint density at radius 1 is 1.00 bits per heavy atom. The van der Waals surface area contributed by atoms with Gasteiger partial charge in [-0.1, -0.05) is 6.07 Å². The Hall–Kier alpha value is -3.40. The lowest BCUT2D eigenvalue weighted by molar-refractivity contribution is -0.121. The molecule has 1 N–H and O–H groups in total. The van der Waals surface area contributed by atoms with Crippen molar-refractivity contribution in [3.05, 3.63) is 42.2 Å². The van der Waals surface area contributed by atoms with Gasteiger partial charge in [0.1, 0.15) is 11.6 Å². The van der Waals surface area contributed by atoms with Gasteiger partial charge in [0.25, 0.3) is 0 Å². The number of benzene rings is 1. The van der Waals surface area contributed by atoms with Crippen LogP contribution >= 0.6 is 0 Å². The molecule has 0 unspecified atom stereocenters. The van der Waals surface area contributed by atoms with Gasteiger partial charge in [-0.05, 0) is 63.2 Å². The SMILES string of the molecule is COc1cccc(N2CCN(c3ccc4nnc(CCC(=O)NCCCN5CCCC5)n4n3)CC2)c1. The quantitative estimate of drug-likeness (QED) is 0.430. The van der Waals surface area contributed by atoms with E-state index in [9.17, 15) is 4.79 Å². The summed E-state index contributed by atoms with van der Waals surface area (Å²) >= 11 is 0. The molecule has 3 aromatic rings. The number of nitrogens with zero attached hydrogens (tertiary/aromatic N) is 7. The van der Waals surface area contributed by atoms with Gasteiger partial charge in [0, 0.05) is 57.3 Å². The van der Waals surface area contributed by atoms with Crippen LogP contribution in [0.25, 0.3) is 5.65 Å². The van der Waals surface area contributed by atoms with Crippen LogP contribution in [-0.4, -0.2) is 90.1 Å². The van der Waals surface area contributed by atoms with E-state index in [1.807, 2.05) is 24.3 Å². The first kappa shape index (κ1) is 24.3. The second-order valence-electron chi connectivity index (χ2n) is 9.51. The van der Waals surface area contributed by atoms with Crippen LogP contribution in [0.4, 0.5) is 11.5 Å². The number of aromatic nitrogens is 4. The lowest BCUT2D eigenvalue weighted by atomic mass is 10.2. The fourth-order valence-corrected chi connectivity index (χ4v) is 5.00. The Bertz CT molecular complexity index is 1150. The van der Waals surface area contributed by atoms with Crippen LogP contribution in [0, 0.1) is 0 Å². The number of hydrogen-bond acceptors (Lipinski definition) is 8. The average Bonchev–Trinajstić information content (AvgIpc) is 3.60. The van der Waals surface area contributed by atoms with Crippen LogP contribution in [-0.2, 0) is 11.2 Å². The molecule has 10 heteroatoms. The smallest absolute Gasteiger partial charge is 0.220 e. The molecular weight excluding hydrogens is 456 g/mol. The summed E-state index contributed by atoms with van der Waals surface area (Å²) in [5.74, 6) is 2.55. The fraction of sp³-hybridized carbons (Fsp3) is 0.538. The third kappa shape index (κ3) is 5.87. The molecule has 4 heterocycles. The van der Waals surface area contributed by atoms with Crippen LogP contribution in [0.3, 0.4) is 0 Å². The summed E-state index contributed by atoms with van der Waals surface area (Å²) in [5.41, 5.74) is 1.88. The molecule has 2 aliphatic rings. The second kappa shape index (κ2) is 11.6. The third-order valence-corrected chi connectivity index (χ3v) is 7.08. The van der Waals surface area contributed by atoms with E-state index in [0.717, 1.165) is 57.3 Å². The van der Waals surface area contributed by atoms with Gasteiger partial charge in [-0.2, -0.15) is 4.52 Å². The topological polar surface area (TPSA) is 91.1 Å². The number of piperazine rings is 1. The lowest BCUT2D eigenvalue weighted by Crippen LogP contribution is -2.47. The first-order valence-corrected chi connectivity index (χ1v) is 13.0. The summed E-state index contributed by atoms with van der Waals surface area (Å²) in [5, 5.41) is 16.4. The van der Waals surface area contributed by atoms with E-state index in [-0.39, 0.29) is 5.91 Å². The van der Waals surface area contributed by atoms with Crippen molar-refractivity contribution in [2.24, 2.45) is 0 Å². The number of methoxy groups -OCH3 is 1. The Kier molecular flexibility index (Phi) is 7.80. The number of ether oxygens (including phenoxy) is 1. The van der Waals surface area contributed by atoms with Crippen LogP contribution in [0.5, 0.6) is 5.75 Å². The van der Waals surface area contributed by atoms with E-state index >= 15 is 0 Å². The van der Waals surface area contributed by atoms with Gasteiger partial charge in [-0.15, -0.1) is 15.3 Å². The summed E-state index contributed by atoms with van der Waals surface area (Å²) in [6.45, 7) is 7.72. The van der Waals surface area contributed by atoms with Crippen LogP contribution < -0.4 is 19.9 Å². The molecule has 36 heavy (non-hydrogen) atoms. The molecule has 0 atom stereocenters. The molecule has 10 nitrogen and oxygen atoms in total. The van der Waals surface area contributed by atoms with Crippen molar-refractivity contribution in [1.29, 1.82) is 0 Å². The molecule has 0 spiro atoms. The van der Waals surface area contributed by atoms with E-state index in [0.29, 0.717) is 24.3 Å². The summed E-state index contributed by atoms with van der Waals surface area (Å²) < 4.78 is 7.15. The van der Waals surface area contributed by atoms with E-state index in [1.54, 1.807) is 11.6 Å². The molecule has 0 saturated carbocycles. The van der Waals surface area contributed by atoms with Gasteiger partial charge < -0.3 is 24.8 Å². The number of carbonyl (C=O) groups is 1. The minimum Gasteiger partial charge on any atom is -0.497 e. The Morgan fingerprint density at radius 2 is 1.81 bits per heavy atom. The number of fused-ring (bicyclic) bond motifs is 1. The van der Waals surface area contributed by atoms with Crippen molar-refractivity contribution in [3.63, 3.8) is 0 Å². The van der Waals surface area contributed by atoms with Crippen molar-refractivity contribution < 1.29 is 9.53 Å². The highest BCUT2D eigenvalue weighted by molar-refractivity contribution is 5.76. The first-order chi connectivity index (χ1) is 17.7. The predicted molar refractivity (Wildman–Crippen MR) is 140 cm³/mol. The zero-order valence-corrected chi connectivity index (χ0v) is 21.1. The highest BCUT2D eigenvalue weighted by Gasteiger charge is 2.20. The maximum atomic E-state index is 12.3. The van der Waals surface area contributed by atoms with Crippen LogP contribution in [0.1, 0.15) is 31.5 Å². The maximum absolute atomic E-state index is 12.3. The summed E-state index contributed by atoms with van der Waals surface area (Å²) in [7, 11) is 1.70. The number of aryl methyl sites for hydroxylation is 1. The van der Waals surface area contributed by atoms with Gasteiger partial charge in [0.05, 0.1) is 7.11 Å². The number of anilines is 2. The maximum Gasteiger partial charge on any atom is 0.220 e. The Morgan fingerprint density at radius 3 is 2.61 bits per heavy atom. The predicted octanol–water partition coefficient (Wildman–Crippen LogP) is 1.99. The number of likely N-dealkylation sites (tertiary alicyclic amines) is 1. The van der Waals surface area contributed by atoms with Crippen molar-refractivity contribution >= 4 is 23.1 Å². The molecule has 5 rings (SSSR count). The summed E-state index contributed by atoms with van der Waals surface area (Å²) in [6.07, 6.45) is 4.49. The molecule has 1 amide bonds. The number of rotatable bonds is 10. The zero-order valence-electron chi connectivity index (χ0n) is 21.1. The van der Waals surface area contributed by atoms with Gasteiger partial charge in [-0.25, -0.2) is 0 Å². The number of carbonyl (C=O) groups excluding carboxylic acids is 1. The molecule has 2 saturated heterocycles. The van der Waals surface area contributed by atoms with Gasteiger partial charge >= 0.3 is 0 Å². The van der Waals surface area contributed by atoms with Gasteiger partial charge in [0.2, 0.25) is 5.91 Å². The van der Waals surface area contributed by atoms with E-state index in [1.165, 1.54) is 31.6 Å². The number of hydrogen-bond donors (Lipinski definition) is 1. The molecule has 0 bridgehead atoms. The molecule has 0 radical (unpaired) electrons. The molecule has 1 aromatic carbocycles. The normalized spacial score (nSPS) is 16.6. The van der Waals surface area contributed by atoms with Gasteiger partial charge in [-0.3, -0.25) is 4.79 Å². The van der Waals surface area contributed by atoms with Crippen molar-refractivity contribution in [3.8, 4) is 5.75 Å². The Balaban J connectivity index is 1.13. The monoisotopic (exact) mass is 492 g/mol. The zero-order chi connectivity index (χ0) is 24.7. The molecule has 192 valence electrons. The molecule has 2 aliphatic heterocycles. The molecular formula is C26H36N8O2. The summed E-state index contributed by atoms with van der Waals surface area (Å²) in [4.78, 5) is 19.5. The largest absolute Gasteiger partial charge is 0.497 e.